The SMILES string of the molecule is O=S(=O)(Nc1cc(F)c(OC(F)F)cc1F)c1c[nH]cc1Cc1ccccc1. The Bertz CT molecular complexity index is 1070. The number of hydrogen-bond donors (Lipinski definition) is 2. The number of halogens is 4. The van der Waals surface area contributed by atoms with Crippen LogP contribution in [0.5, 0.6) is 5.75 Å². The fourth-order valence-electron chi connectivity index (χ4n) is 2.58. The summed E-state index contributed by atoms with van der Waals surface area (Å²) in [6.45, 7) is -3.35. The number of aromatic amines is 1. The molecule has 0 bridgehead atoms. The highest BCUT2D eigenvalue weighted by Crippen LogP contribution is 2.29. The fourth-order valence-corrected chi connectivity index (χ4v) is 3.83. The van der Waals surface area contributed by atoms with Gasteiger partial charge in [0.2, 0.25) is 0 Å². The van der Waals surface area contributed by atoms with E-state index in [2.05, 4.69) is 9.72 Å². The number of rotatable bonds is 7. The van der Waals surface area contributed by atoms with Crippen LogP contribution in [0.3, 0.4) is 0 Å². The number of benzene rings is 2. The molecule has 28 heavy (non-hydrogen) atoms. The second-order valence-corrected chi connectivity index (χ2v) is 7.40. The van der Waals surface area contributed by atoms with Gasteiger partial charge in [-0.3, -0.25) is 4.72 Å². The summed E-state index contributed by atoms with van der Waals surface area (Å²) >= 11 is 0. The molecule has 2 N–H and O–H groups in total. The van der Waals surface area contributed by atoms with Crippen LogP contribution in [0.1, 0.15) is 11.1 Å². The second-order valence-electron chi connectivity index (χ2n) is 5.75. The van der Waals surface area contributed by atoms with Gasteiger partial charge in [-0.2, -0.15) is 8.78 Å². The lowest BCUT2D eigenvalue weighted by molar-refractivity contribution is -0.0523. The Morgan fingerprint density at radius 3 is 2.43 bits per heavy atom. The van der Waals surface area contributed by atoms with E-state index >= 15 is 0 Å². The average Bonchev–Trinajstić information content (AvgIpc) is 3.09. The predicted molar refractivity (Wildman–Crippen MR) is 93.8 cm³/mol. The van der Waals surface area contributed by atoms with Gasteiger partial charge in [0.05, 0.1) is 5.69 Å². The highest BCUT2D eigenvalue weighted by molar-refractivity contribution is 7.92. The fraction of sp³-hybridized carbons (Fsp3) is 0.111. The van der Waals surface area contributed by atoms with E-state index in [1.165, 1.54) is 12.4 Å². The molecule has 0 aliphatic carbocycles. The van der Waals surface area contributed by atoms with E-state index in [1.54, 1.807) is 12.1 Å². The van der Waals surface area contributed by atoms with Crippen molar-refractivity contribution in [3.05, 3.63) is 77.6 Å². The maximum atomic E-state index is 14.1. The molecular formula is C18H14F4N2O3S. The molecule has 1 heterocycles. The average molecular weight is 414 g/mol. The smallest absolute Gasteiger partial charge is 0.387 e. The molecule has 5 nitrogen and oxygen atoms in total. The molecule has 0 aliphatic rings. The zero-order valence-corrected chi connectivity index (χ0v) is 14.9. The van der Waals surface area contributed by atoms with Crippen LogP contribution in [0.25, 0.3) is 0 Å². The van der Waals surface area contributed by atoms with Crippen molar-refractivity contribution in [3.8, 4) is 5.75 Å². The van der Waals surface area contributed by atoms with Crippen molar-refractivity contribution in [2.45, 2.75) is 17.9 Å². The third kappa shape index (κ3) is 4.45. The minimum absolute atomic E-state index is 0.149. The van der Waals surface area contributed by atoms with Gasteiger partial charge < -0.3 is 9.72 Å². The van der Waals surface area contributed by atoms with Crippen molar-refractivity contribution in [2.75, 3.05) is 4.72 Å². The minimum Gasteiger partial charge on any atom is -0.432 e. The summed E-state index contributed by atoms with van der Waals surface area (Å²) in [6, 6.07) is 9.83. The summed E-state index contributed by atoms with van der Waals surface area (Å²) in [7, 11) is -4.27. The normalized spacial score (nSPS) is 11.6. The number of ether oxygens (including phenoxy) is 1. The van der Waals surface area contributed by atoms with E-state index in [-0.39, 0.29) is 4.90 Å². The van der Waals surface area contributed by atoms with Crippen molar-refractivity contribution >= 4 is 15.7 Å². The van der Waals surface area contributed by atoms with E-state index in [9.17, 15) is 26.0 Å². The Hall–Kier alpha value is -3.01. The Labute approximate surface area is 158 Å². The Kier molecular flexibility index (Phi) is 5.59. The molecule has 0 saturated heterocycles. The molecule has 0 spiro atoms. The number of sulfonamides is 1. The van der Waals surface area contributed by atoms with E-state index in [1.807, 2.05) is 22.9 Å². The molecule has 0 fully saturated rings. The van der Waals surface area contributed by atoms with Crippen LogP contribution in [0, 0.1) is 11.6 Å². The maximum absolute atomic E-state index is 14.1. The van der Waals surface area contributed by atoms with Crippen LogP contribution in [-0.4, -0.2) is 20.0 Å². The van der Waals surface area contributed by atoms with Gasteiger partial charge >= 0.3 is 6.61 Å². The summed E-state index contributed by atoms with van der Waals surface area (Å²) in [5.41, 5.74) is 0.535. The Morgan fingerprint density at radius 2 is 1.75 bits per heavy atom. The van der Waals surface area contributed by atoms with E-state index in [4.69, 9.17) is 0 Å². The highest BCUT2D eigenvalue weighted by atomic mass is 32.2. The van der Waals surface area contributed by atoms with Crippen molar-refractivity contribution in [1.82, 2.24) is 4.98 Å². The summed E-state index contributed by atoms with van der Waals surface area (Å²) in [6.07, 6.45) is 2.99. The van der Waals surface area contributed by atoms with E-state index < -0.39 is 39.7 Å². The molecular weight excluding hydrogens is 400 g/mol. The van der Waals surface area contributed by atoms with Crippen LogP contribution in [-0.2, 0) is 16.4 Å². The van der Waals surface area contributed by atoms with E-state index in [0.717, 1.165) is 5.56 Å². The molecule has 148 valence electrons. The summed E-state index contributed by atoms with van der Waals surface area (Å²) < 4.78 is 83.3. The molecule has 0 radical (unpaired) electrons. The monoisotopic (exact) mass is 414 g/mol. The highest BCUT2D eigenvalue weighted by Gasteiger charge is 2.23. The van der Waals surface area contributed by atoms with Gasteiger partial charge in [0.15, 0.2) is 17.4 Å². The summed E-state index contributed by atoms with van der Waals surface area (Å²) in [4.78, 5) is 2.53. The first-order valence-corrected chi connectivity index (χ1v) is 9.41. The molecule has 10 heteroatoms. The first-order chi connectivity index (χ1) is 13.3. The zero-order chi connectivity index (χ0) is 20.3. The number of hydrogen-bond acceptors (Lipinski definition) is 3. The van der Waals surface area contributed by atoms with Crippen LogP contribution in [0.4, 0.5) is 23.2 Å². The quantitative estimate of drug-likeness (QED) is 0.567. The predicted octanol–water partition coefficient (Wildman–Crippen LogP) is 4.29. The maximum Gasteiger partial charge on any atom is 0.387 e. The molecule has 3 rings (SSSR count). The van der Waals surface area contributed by atoms with Gasteiger partial charge in [0.1, 0.15) is 4.90 Å². The van der Waals surface area contributed by atoms with Crippen molar-refractivity contribution < 1.29 is 30.7 Å². The molecule has 1 aromatic heterocycles. The third-order valence-electron chi connectivity index (χ3n) is 3.80. The lowest BCUT2D eigenvalue weighted by Gasteiger charge is -2.12. The first-order valence-electron chi connectivity index (χ1n) is 7.92. The van der Waals surface area contributed by atoms with Gasteiger partial charge in [-0.1, -0.05) is 30.3 Å². The molecule has 3 aromatic rings. The van der Waals surface area contributed by atoms with Crippen molar-refractivity contribution in [2.24, 2.45) is 0 Å². The molecule has 0 saturated carbocycles. The van der Waals surface area contributed by atoms with Gasteiger partial charge in [-0.25, -0.2) is 17.2 Å². The van der Waals surface area contributed by atoms with Gasteiger partial charge in [-0.15, -0.1) is 0 Å². The number of H-pyrrole nitrogens is 1. The lowest BCUT2D eigenvalue weighted by atomic mass is 10.1. The lowest BCUT2D eigenvalue weighted by Crippen LogP contribution is -2.15. The Balaban J connectivity index is 1.87. The van der Waals surface area contributed by atoms with Crippen LogP contribution < -0.4 is 9.46 Å². The number of aromatic nitrogens is 1. The molecule has 0 aliphatic heterocycles. The third-order valence-corrected chi connectivity index (χ3v) is 5.25. The largest absolute Gasteiger partial charge is 0.432 e. The standard InChI is InChI=1S/C18H14F4N2O3S/c19-13-8-16(27-18(21)22)14(20)7-15(13)24-28(25,26)17-10-23-9-12(17)6-11-4-2-1-3-5-11/h1-5,7-10,18,23-24H,6H2. The number of nitrogens with one attached hydrogen (secondary N) is 2. The summed E-state index contributed by atoms with van der Waals surface area (Å²) in [5.74, 6) is -3.62. The molecule has 0 atom stereocenters. The van der Waals surface area contributed by atoms with Crippen molar-refractivity contribution in [3.63, 3.8) is 0 Å². The first kappa shape index (κ1) is 19.7. The van der Waals surface area contributed by atoms with E-state index in [0.29, 0.717) is 24.1 Å². The molecule has 2 aromatic carbocycles. The minimum atomic E-state index is -4.27. The van der Waals surface area contributed by atoms with Crippen LogP contribution in [0.15, 0.2) is 59.8 Å². The summed E-state index contributed by atoms with van der Waals surface area (Å²) in [5, 5.41) is 0. The van der Waals surface area contributed by atoms with Crippen molar-refractivity contribution in [1.29, 1.82) is 0 Å². The molecule has 0 amide bonds. The topological polar surface area (TPSA) is 71.2 Å². The zero-order valence-electron chi connectivity index (χ0n) is 14.1. The molecule has 0 unspecified atom stereocenters. The van der Waals surface area contributed by atoms with Gasteiger partial charge in [0, 0.05) is 30.9 Å². The second kappa shape index (κ2) is 7.93. The number of anilines is 1. The van der Waals surface area contributed by atoms with Gasteiger partial charge in [-0.05, 0) is 11.1 Å². The van der Waals surface area contributed by atoms with Crippen LogP contribution in [0.2, 0.25) is 0 Å². The Morgan fingerprint density at radius 1 is 1.04 bits per heavy atom. The van der Waals surface area contributed by atoms with Gasteiger partial charge in [0.25, 0.3) is 10.0 Å². The van der Waals surface area contributed by atoms with Crippen LogP contribution >= 0.6 is 0 Å². The number of alkyl halides is 2.